The zero-order valence-corrected chi connectivity index (χ0v) is 14.6. The van der Waals surface area contributed by atoms with Crippen molar-refractivity contribution < 1.29 is 9.13 Å². The van der Waals surface area contributed by atoms with E-state index in [4.69, 9.17) is 4.74 Å². The second-order valence-corrected chi connectivity index (χ2v) is 6.47. The number of rotatable bonds is 7. The van der Waals surface area contributed by atoms with E-state index in [1.807, 2.05) is 48.5 Å². The maximum Gasteiger partial charge on any atom is 0.217 e. The maximum atomic E-state index is 13.7. The van der Waals surface area contributed by atoms with Crippen molar-refractivity contribution in [2.75, 3.05) is 13.2 Å². The fraction of sp³-hybridized carbons (Fsp3) is 0.318. The van der Waals surface area contributed by atoms with E-state index < -0.39 is 12.3 Å². The highest BCUT2D eigenvalue weighted by Gasteiger charge is 2.36. The normalized spacial score (nSPS) is 19.8. The van der Waals surface area contributed by atoms with Crippen LogP contribution in [-0.4, -0.2) is 24.7 Å². The van der Waals surface area contributed by atoms with E-state index in [1.165, 1.54) is 18.4 Å². The summed E-state index contributed by atoms with van der Waals surface area (Å²) in [5.41, 5.74) is 2.24. The van der Waals surface area contributed by atoms with Gasteiger partial charge in [0.2, 0.25) is 5.90 Å². The molecule has 0 radical (unpaired) electrons. The molecule has 3 rings (SSSR count). The van der Waals surface area contributed by atoms with Crippen LogP contribution in [-0.2, 0) is 11.2 Å². The molecule has 2 aromatic carbocycles. The SMILES string of the molecule is CCCCc1ccc(C2=NCC(/C=C/c3ccccc3)(CF)O2)cc1. The largest absolute Gasteiger partial charge is 0.462 e. The van der Waals surface area contributed by atoms with Crippen molar-refractivity contribution in [3.8, 4) is 0 Å². The molecule has 0 saturated carbocycles. The average Bonchev–Trinajstić information content (AvgIpc) is 3.11. The first kappa shape index (κ1) is 17.4. The van der Waals surface area contributed by atoms with Gasteiger partial charge in [-0.2, -0.15) is 0 Å². The molecule has 0 fully saturated rings. The summed E-state index contributed by atoms with van der Waals surface area (Å²) >= 11 is 0. The Kier molecular flexibility index (Phi) is 5.64. The first-order valence-corrected chi connectivity index (χ1v) is 8.88. The van der Waals surface area contributed by atoms with Crippen LogP contribution in [0.25, 0.3) is 6.08 Å². The Morgan fingerprint density at radius 1 is 1.12 bits per heavy atom. The molecule has 2 aromatic rings. The van der Waals surface area contributed by atoms with Gasteiger partial charge in [0.1, 0.15) is 6.67 Å². The van der Waals surface area contributed by atoms with Gasteiger partial charge in [0.25, 0.3) is 0 Å². The lowest BCUT2D eigenvalue weighted by atomic mass is 10.0. The summed E-state index contributed by atoms with van der Waals surface area (Å²) in [4.78, 5) is 4.44. The molecule has 0 amide bonds. The molecule has 1 heterocycles. The minimum absolute atomic E-state index is 0.305. The molecule has 0 saturated heterocycles. The third kappa shape index (κ3) is 4.36. The summed E-state index contributed by atoms with van der Waals surface area (Å²) < 4.78 is 19.6. The molecule has 2 nitrogen and oxygen atoms in total. The van der Waals surface area contributed by atoms with Gasteiger partial charge in [0.05, 0.1) is 6.54 Å². The second-order valence-electron chi connectivity index (χ2n) is 6.47. The monoisotopic (exact) mass is 337 g/mol. The van der Waals surface area contributed by atoms with Crippen molar-refractivity contribution in [1.29, 1.82) is 0 Å². The number of aryl methyl sites for hydroxylation is 1. The molecule has 0 N–H and O–H groups in total. The van der Waals surface area contributed by atoms with Crippen LogP contribution in [0.5, 0.6) is 0 Å². The summed E-state index contributed by atoms with van der Waals surface area (Å²) in [5.74, 6) is 0.525. The van der Waals surface area contributed by atoms with Crippen molar-refractivity contribution in [3.63, 3.8) is 0 Å². The fourth-order valence-corrected chi connectivity index (χ4v) is 2.82. The Morgan fingerprint density at radius 3 is 2.56 bits per heavy atom. The lowest BCUT2D eigenvalue weighted by Gasteiger charge is -2.21. The van der Waals surface area contributed by atoms with E-state index in [-0.39, 0.29) is 0 Å². The van der Waals surface area contributed by atoms with Crippen LogP contribution in [0.4, 0.5) is 4.39 Å². The highest BCUT2D eigenvalue weighted by Crippen LogP contribution is 2.26. The summed E-state index contributed by atoms with van der Waals surface area (Å²) in [5, 5.41) is 0. The third-order valence-corrected chi connectivity index (χ3v) is 4.42. The van der Waals surface area contributed by atoms with Gasteiger partial charge in [-0.1, -0.05) is 61.9 Å². The van der Waals surface area contributed by atoms with E-state index >= 15 is 0 Å². The minimum atomic E-state index is -0.994. The summed E-state index contributed by atoms with van der Waals surface area (Å²) in [6.07, 6.45) is 7.13. The number of ether oxygens (including phenoxy) is 1. The Labute approximate surface area is 149 Å². The van der Waals surface area contributed by atoms with Crippen molar-refractivity contribution in [2.24, 2.45) is 4.99 Å². The Balaban J connectivity index is 1.69. The number of benzene rings is 2. The number of halogens is 1. The first-order valence-electron chi connectivity index (χ1n) is 8.88. The molecule has 1 aliphatic rings. The van der Waals surface area contributed by atoms with Crippen LogP contribution >= 0.6 is 0 Å². The van der Waals surface area contributed by atoms with Crippen molar-refractivity contribution in [2.45, 2.75) is 31.8 Å². The van der Waals surface area contributed by atoms with Gasteiger partial charge in [0, 0.05) is 5.56 Å². The Morgan fingerprint density at radius 2 is 1.88 bits per heavy atom. The van der Waals surface area contributed by atoms with Crippen LogP contribution in [0, 0.1) is 0 Å². The predicted octanol–water partition coefficient (Wildman–Crippen LogP) is 5.23. The van der Waals surface area contributed by atoms with E-state index in [9.17, 15) is 4.39 Å². The number of aliphatic imine (C=N–C) groups is 1. The van der Waals surface area contributed by atoms with E-state index in [0.29, 0.717) is 12.4 Å². The van der Waals surface area contributed by atoms with Crippen LogP contribution < -0.4 is 0 Å². The van der Waals surface area contributed by atoms with Gasteiger partial charge in [0.15, 0.2) is 5.60 Å². The molecule has 1 unspecified atom stereocenters. The second kappa shape index (κ2) is 8.11. The van der Waals surface area contributed by atoms with Gasteiger partial charge < -0.3 is 4.74 Å². The highest BCUT2D eigenvalue weighted by molar-refractivity contribution is 5.95. The van der Waals surface area contributed by atoms with Crippen LogP contribution in [0.1, 0.15) is 36.5 Å². The van der Waals surface area contributed by atoms with Crippen LogP contribution in [0.2, 0.25) is 0 Å². The summed E-state index contributed by atoms with van der Waals surface area (Å²) in [6.45, 7) is 1.90. The molecule has 1 aliphatic heterocycles. The maximum absolute atomic E-state index is 13.7. The van der Waals surface area contributed by atoms with Crippen LogP contribution in [0.3, 0.4) is 0 Å². The molecule has 130 valence electrons. The van der Waals surface area contributed by atoms with Gasteiger partial charge in [-0.25, -0.2) is 9.38 Å². The Hall–Kier alpha value is -2.42. The molecular formula is C22H24FNO. The molecule has 0 bridgehead atoms. The number of hydrogen-bond acceptors (Lipinski definition) is 2. The van der Waals surface area contributed by atoms with Crippen molar-refractivity contribution in [1.82, 2.24) is 0 Å². The molecule has 0 spiro atoms. The standard InChI is InChI=1S/C22H24FNO/c1-2-3-7-19-10-12-20(13-11-19)21-24-17-22(16-23,25-21)15-14-18-8-5-4-6-9-18/h4-6,8-15H,2-3,7,16-17H2,1H3/b15-14+. The lowest BCUT2D eigenvalue weighted by molar-refractivity contribution is 0.108. The number of unbranched alkanes of at least 4 members (excludes halogenated alkanes) is 1. The van der Waals surface area contributed by atoms with Gasteiger partial charge in [-0.15, -0.1) is 0 Å². The molecule has 25 heavy (non-hydrogen) atoms. The van der Waals surface area contributed by atoms with E-state index in [2.05, 4.69) is 24.0 Å². The highest BCUT2D eigenvalue weighted by atomic mass is 19.1. The number of alkyl halides is 1. The van der Waals surface area contributed by atoms with E-state index in [0.717, 1.165) is 17.5 Å². The number of nitrogens with zero attached hydrogens (tertiary/aromatic N) is 1. The number of hydrogen-bond donors (Lipinski definition) is 0. The lowest BCUT2D eigenvalue weighted by Crippen LogP contribution is -2.33. The van der Waals surface area contributed by atoms with E-state index in [1.54, 1.807) is 6.08 Å². The van der Waals surface area contributed by atoms with Gasteiger partial charge >= 0.3 is 0 Å². The average molecular weight is 337 g/mol. The van der Waals surface area contributed by atoms with Crippen LogP contribution in [0.15, 0.2) is 65.7 Å². The smallest absolute Gasteiger partial charge is 0.217 e. The van der Waals surface area contributed by atoms with Crippen molar-refractivity contribution >= 4 is 12.0 Å². The minimum Gasteiger partial charge on any atom is -0.462 e. The zero-order valence-electron chi connectivity index (χ0n) is 14.6. The molecule has 1 atom stereocenters. The summed E-state index contributed by atoms with van der Waals surface area (Å²) in [6, 6.07) is 18.1. The van der Waals surface area contributed by atoms with Gasteiger partial charge in [-0.3, -0.25) is 0 Å². The molecule has 0 aliphatic carbocycles. The first-order chi connectivity index (χ1) is 12.2. The third-order valence-electron chi connectivity index (χ3n) is 4.42. The van der Waals surface area contributed by atoms with Gasteiger partial charge in [-0.05, 0) is 42.2 Å². The fourth-order valence-electron chi connectivity index (χ4n) is 2.82. The quantitative estimate of drug-likeness (QED) is 0.678. The van der Waals surface area contributed by atoms with Crippen molar-refractivity contribution in [3.05, 3.63) is 77.4 Å². The Bertz CT molecular complexity index is 736. The summed E-state index contributed by atoms with van der Waals surface area (Å²) in [7, 11) is 0. The zero-order chi connectivity index (χ0) is 17.5. The topological polar surface area (TPSA) is 21.6 Å². The molecule has 3 heteroatoms. The molecular weight excluding hydrogens is 313 g/mol. The predicted molar refractivity (Wildman–Crippen MR) is 102 cm³/mol. The molecule has 0 aromatic heterocycles.